The molecule has 0 heterocycles. The molecule has 1 aromatic rings. The van der Waals surface area contributed by atoms with Crippen LogP contribution >= 0.6 is 0 Å². The Labute approximate surface area is 70.8 Å². The van der Waals surface area contributed by atoms with Gasteiger partial charge < -0.3 is 0 Å². The summed E-state index contributed by atoms with van der Waals surface area (Å²) >= 11 is 0. The summed E-state index contributed by atoms with van der Waals surface area (Å²) in [7, 11) is 0. The van der Waals surface area contributed by atoms with Crippen LogP contribution < -0.4 is 0 Å². The lowest BCUT2D eigenvalue weighted by Crippen LogP contribution is -1.79. The molecule has 1 nitrogen and oxygen atoms in total. The molecule has 12 heavy (non-hydrogen) atoms. The second-order valence-corrected chi connectivity index (χ2v) is 2.46. The van der Waals surface area contributed by atoms with Crippen LogP contribution in [0.15, 0.2) is 30.3 Å². The zero-order valence-electron chi connectivity index (χ0n) is 6.71. The van der Waals surface area contributed by atoms with Crippen molar-refractivity contribution in [2.24, 2.45) is 0 Å². The van der Waals surface area contributed by atoms with Gasteiger partial charge in [0.2, 0.25) is 0 Å². The molecule has 0 amide bonds. The Morgan fingerprint density at radius 1 is 1.42 bits per heavy atom. The standard InChI is InChI=1S/C10H8FN/c1-8(6-7-12)9-2-4-10(11)5-3-9/h2-6H,1H3. The van der Waals surface area contributed by atoms with E-state index in [0.29, 0.717) is 0 Å². The van der Waals surface area contributed by atoms with E-state index in [4.69, 9.17) is 5.26 Å². The average molecular weight is 161 g/mol. The predicted octanol–water partition coefficient (Wildman–Crippen LogP) is 2.75. The van der Waals surface area contributed by atoms with E-state index in [0.717, 1.165) is 11.1 Å². The van der Waals surface area contributed by atoms with E-state index in [-0.39, 0.29) is 5.82 Å². The third-order valence-electron chi connectivity index (χ3n) is 1.58. The highest BCUT2D eigenvalue weighted by molar-refractivity contribution is 5.65. The summed E-state index contributed by atoms with van der Waals surface area (Å²) in [6.07, 6.45) is 1.44. The van der Waals surface area contributed by atoms with Crippen molar-refractivity contribution in [2.75, 3.05) is 0 Å². The highest BCUT2D eigenvalue weighted by Crippen LogP contribution is 2.13. The summed E-state index contributed by atoms with van der Waals surface area (Å²) in [6, 6.07) is 7.99. The van der Waals surface area contributed by atoms with Gasteiger partial charge in [0.05, 0.1) is 6.07 Å². The van der Waals surface area contributed by atoms with Crippen LogP contribution in [0.25, 0.3) is 5.57 Å². The van der Waals surface area contributed by atoms with Crippen molar-refractivity contribution in [3.8, 4) is 6.07 Å². The lowest BCUT2D eigenvalue weighted by atomic mass is 10.1. The molecule has 0 fully saturated rings. The van der Waals surface area contributed by atoms with Gasteiger partial charge in [-0.3, -0.25) is 0 Å². The van der Waals surface area contributed by atoms with Gasteiger partial charge in [0, 0.05) is 6.08 Å². The molecule has 0 aliphatic heterocycles. The van der Waals surface area contributed by atoms with Crippen LogP contribution in [0.5, 0.6) is 0 Å². The van der Waals surface area contributed by atoms with Gasteiger partial charge in [-0.05, 0) is 30.2 Å². The van der Waals surface area contributed by atoms with Crippen molar-refractivity contribution < 1.29 is 4.39 Å². The SMILES string of the molecule is CC(=CC#N)c1ccc(F)cc1. The van der Waals surface area contributed by atoms with E-state index < -0.39 is 0 Å². The lowest BCUT2D eigenvalue weighted by molar-refractivity contribution is 0.627. The molecule has 0 aliphatic rings. The first-order chi connectivity index (χ1) is 5.74. The fourth-order valence-corrected chi connectivity index (χ4v) is 0.893. The highest BCUT2D eigenvalue weighted by atomic mass is 19.1. The third-order valence-corrected chi connectivity index (χ3v) is 1.58. The highest BCUT2D eigenvalue weighted by Gasteiger charge is 1.94. The minimum Gasteiger partial charge on any atom is -0.207 e. The maximum atomic E-state index is 12.5. The number of rotatable bonds is 1. The van der Waals surface area contributed by atoms with E-state index in [9.17, 15) is 4.39 Å². The van der Waals surface area contributed by atoms with Crippen LogP contribution in [0.2, 0.25) is 0 Å². The van der Waals surface area contributed by atoms with E-state index in [1.807, 2.05) is 13.0 Å². The van der Waals surface area contributed by atoms with Gasteiger partial charge in [0.15, 0.2) is 0 Å². The zero-order valence-corrected chi connectivity index (χ0v) is 6.71. The fourth-order valence-electron chi connectivity index (χ4n) is 0.893. The molecule has 0 aliphatic carbocycles. The molecule has 0 bridgehead atoms. The number of hydrogen-bond donors (Lipinski definition) is 0. The van der Waals surface area contributed by atoms with E-state index >= 15 is 0 Å². The van der Waals surface area contributed by atoms with Crippen LogP contribution in [0.4, 0.5) is 4.39 Å². The number of nitrogens with zero attached hydrogens (tertiary/aromatic N) is 1. The van der Waals surface area contributed by atoms with Crippen LogP contribution in [0.1, 0.15) is 12.5 Å². The van der Waals surface area contributed by atoms with Gasteiger partial charge in [-0.25, -0.2) is 4.39 Å². The van der Waals surface area contributed by atoms with Gasteiger partial charge in [0.1, 0.15) is 5.82 Å². The first kappa shape index (κ1) is 8.48. The fraction of sp³-hybridized carbons (Fsp3) is 0.100. The molecule has 0 aromatic heterocycles. The Balaban J connectivity index is 2.99. The number of halogens is 1. The van der Waals surface area contributed by atoms with Crippen molar-refractivity contribution in [2.45, 2.75) is 6.92 Å². The molecule has 0 radical (unpaired) electrons. The largest absolute Gasteiger partial charge is 0.207 e. The quantitative estimate of drug-likeness (QED) is 0.581. The monoisotopic (exact) mass is 161 g/mol. The van der Waals surface area contributed by atoms with E-state index in [1.165, 1.54) is 18.2 Å². The molecular weight excluding hydrogens is 153 g/mol. The van der Waals surface area contributed by atoms with Crippen molar-refractivity contribution in [3.63, 3.8) is 0 Å². The minimum atomic E-state index is -0.261. The van der Waals surface area contributed by atoms with Crippen LogP contribution in [-0.4, -0.2) is 0 Å². The zero-order chi connectivity index (χ0) is 8.97. The minimum absolute atomic E-state index is 0.261. The maximum absolute atomic E-state index is 12.5. The summed E-state index contributed by atoms with van der Waals surface area (Å²) < 4.78 is 12.5. The second-order valence-electron chi connectivity index (χ2n) is 2.46. The molecule has 1 aromatic carbocycles. The lowest BCUT2D eigenvalue weighted by Gasteiger charge is -1.97. The van der Waals surface area contributed by atoms with Crippen molar-refractivity contribution in [1.82, 2.24) is 0 Å². The van der Waals surface area contributed by atoms with Crippen molar-refractivity contribution in [3.05, 3.63) is 41.7 Å². The van der Waals surface area contributed by atoms with Gasteiger partial charge in [-0.2, -0.15) is 5.26 Å². The summed E-state index contributed by atoms with van der Waals surface area (Å²) in [5.41, 5.74) is 1.72. The Hall–Kier alpha value is -1.62. The molecule has 0 atom stereocenters. The Bertz CT molecular complexity index is 330. The molecule has 0 N–H and O–H groups in total. The van der Waals surface area contributed by atoms with Crippen LogP contribution in [-0.2, 0) is 0 Å². The van der Waals surface area contributed by atoms with Crippen LogP contribution in [0.3, 0.4) is 0 Å². The smallest absolute Gasteiger partial charge is 0.123 e. The van der Waals surface area contributed by atoms with Gasteiger partial charge in [-0.1, -0.05) is 12.1 Å². The summed E-state index contributed by atoms with van der Waals surface area (Å²) in [5, 5.41) is 8.35. The van der Waals surface area contributed by atoms with E-state index in [1.54, 1.807) is 12.1 Å². The molecule has 0 saturated heterocycles. The molecule has 60 valence electrons. The normalized spacial score (nSPS) is 10.9. The van der Waals surface area contributed by atoms with Crippen molar-refractivity contribution in [1.29, 1.82) is 5.26 Å². The number of nitriles is 1. The summed E-state index contributed by atoms with van der Waals surface area (Å²) in [5.74, 6) is -0.261. The second kappa shape index (κ2) is 3.68. The van der Waals surface area contributed by atoms with Crippen molar-refractivity contribution >= 4 is 5.57 Å². The van der Waals surface area contributed by atoms with Gasteiger partial charge >= 0.3 is 0 Å². The Morgan fingerprint density at radius 3 is 2.50 bits per heavy atom. The van der Waals surface area contributed by atoms with Gasteiger partial charge in [-0.15, -0.1) is 0 Å². The van der Waals surface area contributed by atoms with E-state index in [2.05, 4.69) is 0 Å². The Morgan fingerprint density at radius 2 is 2.00 bits per heavy atom. The number of benzene rings is 1. The molecule has 1 rings (SSSR count). The van der Waals surface area contributed by atoms with Crippen LogP contribution in [0, 0.1) is 17.1 Å². The summed E-state index contributed by atoms with van der Waals surface area (Å²) in [4.78, 5) is 0. The van der Waals surface area contributed by atoms with Gasteiger partial charge in [0.25, 0.3) is 0 Å². The molecule has 0 spiro atoms. The molecule has 0 saturated carbocycles. The molecular formula is C10H8FN. The molecule has 2 heteroatoms. The number of allylic oxidation sites excluding steroid dienone is 2. The first-order valence-electron chi connectivity index (χ1n) is 3.56. The predicted molar refractivity (Wildman–Crippen MR) is 45.7 cm³/mol. The topological polar surface area (TPSA) is 23.8 Å². The summed E-state index contributed by atoms with van der Waals surface area (Å²) in [6.45, 7) is 1.82. The molecule has 0 unspecified atom stereocenters. The third kappa shape index (κ3) is 1.93. The Kier molecular flexibility index (Phi) is 2.60. The average Bonchev–Trinajstić information content (AvgIpc) is 2.06. The maximum Gasteiger partial charge on any atom is 0.123 e. The number of hydrogen-bond acceptors (Lipinski definition) is 1. The first-order valence-corrected chi connectivity index (χ1v) is 3.56.